The molecule has 1 aliphatic rings. The lowest BCUT2D eigenvalue weighted by Crippen LogP contribution is -2.28. The van der Waals surface area contributed by atoms with Crippen LogP contribution in [0.4, 0.5) is 0 Å². The third-order valence-corrected chi connectivity index (χ3v) is 4.61. The molecule has 1 N–H and O–H groups in total. The standard InChI is InChI=1S/C13H16N4OS/c1-8-5-15-16-11(8)10-3-4-17(6-10)13(18)12-9(2)14-7-19-12/h5,7,10H,3-4,6H2,1-2H3,(H,15,16)/t10-/m0/s1. The quantitative estimate of drug-likeness (QED) is 0.914. The first kappa shape index (κ1) is 12.3. The Morgan fingerprint density at radius 2 is 2.37 bits per heavy atom. The molecule has 2 aromatic heterocycles. The van der Waals surface area contributed by atoms with Crippen LogP contribution in [0.3, 0.4) is 0 Å². The number of carbonyl (C=O) groups excluding carboxylic acids is 1. The van der Waals surface area contributed by atoms with E-state index in [0.717, 1.165) is 35.8 Å². The minimum absolute atomic E-state index is 0.111. The second kappa shape index (κ2) is 4.77. The van der Waals surface area contributed by atoms with Crippen LogP contribution in [-0.2, 0) is 0 Å². The summed E-state index contributed by atoms with van der Waals surface area (Å²) in [5.74, 6) is 0.486. The zero-order valence-corrected chi connectivity index (χ0v) is 11.8. The van der Waals surface area contributed by atoms with E-state index in [1.165, 1.54) is 16.9 Å². The maximum Gasteiger partial charge on any atom is 0.265 e. The predicted octanol–water partition coefficient (Wildman–Crippen LogP) is 2.11. The highest BCUT2D eigenvalue weighted by atomic mass is 32.1. The Bertz CT molecular complexity index is 603. The molecule has 0 spiro atoms. The lowest BCUT2D eigenvalue weighted by atomic mass is 10.0. The van der Waals surface area contributed by atoms with Crippen LogP contribution in [0.1, 0.15) is 39.0 Å². The lowest BCUT2D eigenvalue weighted by molar-refractivity contribution is 0.0794. The van der Waals surface area contributed by atoms with E-state index in [1.807, 2.05) is 18.0 Å². The van der Waals surface area contributed by atoms with Gasteiger partial charge in [-0.25, -0.2) is 4.98 Å². The third kappa shape index (κ3) is 2.16. The van der Waals surface area contributed by atoms with Crippen molar-refractivity contribution in [3.63, 3.8) is 0 Å². The Morgan fingerprint density at radius 3 is 3.00 bits per heavy atom. The highest BCUT2D eigenvalue weighted by molar-refractivity contribution is 7.11. The van der Waals surface area contributed by atoms with E-state index in [1.54, 1.807) is 5.51 Å². The van der Waals surface area contributed by atoms with Crippen LogP contribution in [0, 0.1) is 13.8 Å². The molecule has 100 valence electrons. The Kier molecular flexibility index (Phi) is 3.10. The summed E-state index contributed by atoms with van der Waals surface area (Å²) in [5, 5.41) is 7.12. The van der Waals surface area contributed by atoms with E-state index in [2.05, 4.69) is 22.1 Å². The van der Waals surface area contributed by atoms with Gasteiger partial charge in [-0.15, -0.1) is 11.3 Å². The fourth-order valence-corrected chi connectivity index (χ4v) is 3.37. The molecule has 0 unspecified atom stereocenters. The zero-order valence-electron chi connectivity index (χ0n) is 11.0. The predicted molar refractivity (Wildman–Crippen MR) is 73.4 cm³/mol. The maximum absolute atomic E-state index is 12.4. The molecule has 0 aliphatic carbocycles. The molecule has 1 fully saturated rings. The molecule has 19 heavy (non-hydrogen) atoms. The van der Waals surface area contributed by atoms with Gasteiger partial charge >= 0.3 is 0 Å². The van der Waals surface area contributed by atoms with E-state index in [9.17, 15) is 4.79 Å². The third-order valence-electron chi connectivity index (χ3n) is 3.69. The van der Waals surface area contributed by atoms with Gasteiger partial charge < -0.3 is 4.90 Å². The Balaban J connectivity index is 1.75. The largest absolute Gasteiger partial charge is 0.337 e. The van der Waals surface area contributed by atoms with Gasteiger partial charge in [0, 0.05) is 24.7 Å². The Labute approximate surface area is 115 Å². The van der Waals surface area contributed by atoms with E-state index >= 15 is 0 Å². The highest BCUT2D eigenvalue weighted by Gasteiger charge is 2.30. The molecule has 1 amide bonds. The average molecular weight is 276 g/mol. The molecule has 3 rings (SSSR count). The van der Waals surface area contributed by atoms with Crippen molar-refractivity contribution in [1.82, 2.24) is 20.1 Å². The molecular weight excluding hydrogens is 260 g/mol. The number of amides is 1. The fraction of sp³-hybridized carbons (Fsp3) is 0.462. The van der Waals surface area contributed by atoms with Crippen LogP contribution in [0.25, 0.3) is 0 Å². The number of aromatic amines is 1. The second-order valence-electron chi connectivity index (χ2n) is 4.97. The van der Waals surface area contributed by atoms with Crippen molar-refractivity contribution < 1.29 is 4.79 Å². The normalized spacial score (nSPS) is 19.1. The first-order valence-corrected chi connectivity index (χ1v) is 7.24. The van der Waals surface area contributed by atoms with Crippen molar-refractivity contribution in [2.75, 3.05) is 13.1 Å². The second-order valence-corrected chi connectivity index (χ2v) is 5.83. The van der Waals surface area contributed by atoms with Gasteiger partial charge in [-0.05, 0) is 25.8 Å². The first-order chi connectivity index (χ1) is 9.16. The summed E-state index contributed by atoms with van der Waals surface area (Å²) in [6, 6.07) is 0. The minimum Gasteiger partial charge on any atom is -0.337 e. The summed E-state index contributed by atoms with van der Waals surface area (Å²) in [4.78, 5) is 19.2. The number of H-pyrrole nitrogens is 1. The van der Waals surface area contributed by atoms with Gasteiger partial charge in [-0.1, -0.05) is 0 Å². The Morgan fingerprint density at radius 1 is 1.53 bits per heavy atom. The molecule has 3 heterocycles. The van der Waals surface area contributed by atoms with Crippen molar-refractivity contribution in [3.05, 3.63) is 33.5 Å². The summed E-state index contributed by atoms with van der Waals surface area (Å²) in [6.45, 7) is 5.51. The zero-order chi connectivity index (χ0) is 13.4. The molecule has 0 bridgehead atoms. The number of nitrogens with zero attached hydrogens (tertiary/aromatic N) is 3. The van der Waals surface area contributed by atoms with E-state index in [0.29, 0.717) is 5.92 Å². The maximum atomic E-state index is 12.4. The topological polar surface area (TPSA) is 61.9 Å². The minimum atomic E-state index is 0.111. The number of carbonyl (C=O) groups is 1. The summed E-state index contributed by atoms with van der Waals surface area (Å²) in [7, 11) is 0. The van der Waals surface area contributed by atoms with Crippen LogP contribution < -0.4 is 0 Å². The number of rotatable bonds is 2. The molecule has 0 radical (unpaired) electrons. The average Bonchev–Trinajstić information content (AvgIpc) is 3.08. The molecule has 1 atom stereocenters. The van der Waals surface area contributed by atoms with E-state index in [-0.39, 0.29) is 5.91 Å². The number of hydrogen-bond acceptors (Lipinski definition) is 4. The van der Waals surface area contributed by atoms with Crippen molar-refractivity contribution in [2.24, 2.45) is 0 Å². The van der Waals surface area contributed by atoms with Crippen molar-refractivity contribution in [2.45, 2.75) is 26.2 Å². The van der Waals surface area contributed by atoms with E-state index in [4.69, 9.17) is 0 Å². The van der Waals surface area contributed by atoms with E-state index < -0.39 is 0 Å². The van der Waals surface area contributed by atoms with Gasteiger partial charge in [0.1, 0.15) is 4.88 Å². The van der Waals surface area contributed by atoms with Crippen molar-refractivity contribution >= 4 is 17.2 Å². The van der Waals surface area contributed by atoms with Gasteiger partial charge in [-0.3, -0.25) is 9.89 Å². The summed E-state index contributed by atoms with van der Waals surface area (Å²) in [5.41, 5.74) is 4.90. The van der Waals surface area contributed by atoms with Gasteiger partial charge in [-0.2, -0.15) is 5.10 Å². The molecular formula is C13H16N4OS. The summed E-state index contributed by atoms with van der Waals surface area (Å²) < 4.78 is 0. The molecule has 5 nitrogen and oxygen atoms in total. The van der Waals surface area contributed by atoms with Gasteiger partial charge in [0.2, 0.25) is 0 Å². The smallest absolute Gasteiger partial charge is 0.265 e. The SMILES string of the molecule is Cc1cn[nH]c1[C@H]1CCN(C(=O)c2scnc2C)C1. The molecule has 0 aromatic carbocycles. The van der Waals surface area contributed by atoms with Gasteiger partial charge in [0.15, 0.2) is 0 Å². The van der Waals surface area contributed by atoms with Crippen molar-refractivity contribution in [3.8, 4) is 0 Å². The summed E-state index contributed by atoms with van der Waals surface area (Å²) >= 11 is 1.42. The van der Waals surface area contributed by atoms with Crippen LogP contribution in [0.5, 0.6) is 0 Å². The van der Waals surface area contributed by atoms with Crippen LogP contribution in [-0.4, -0.2) is 39.1 Å². The molecule has 6 heteroatoms. The highest BCUT2D eigenvalue weighted by Crippen LogP contribution is 2.29. The molecule has 2 aromatic rings. The molecule has 1 aliphatic heterocycles. The fourth-order valence-electron chi connectivity index (χ4n) is 2.60. The monoisotopic (exact) mass is 276 g/mol. The van der Waals surface area contributed by atoms with Crippen LogP contribution in [0.2, 0.25) is 0 Å². The number of hydrogen-bond donors (Lipinski definition) is 1. The summed E-state index contributed by atoms with van der Waals surface area (Å²) in [6.07, 6.45) is 2.83. The first-order valence-electron chi connectivity index (χ1n) is 6.36. The molecule has 0 saturated carbocycles. The van der Waals surface area contributed by atoms with Crippen molar-refractivity contribution in [1.29, 1.82) is 0 Å². The van der Waals surface area contributed by atoms with Crippen LogP contribution >= 0.6 is 11.3 Å². The Hall–Kier alpha value is -1.69. The van der Waals surface area contributed by atoms with Gasteiger partial charge in [0.05, 0.1) is 17.4 Å². The molecule has 1 saturated heterocycles. The number of nitrogens with one attached hydrogen (secondary N) is 1. The number of thiazole rings is 1. The lowest BCUT2D eigenvalue weighted by Gasteiger charge is -2.15. The number of likely N-dealkylation sites (tertiary alicyclic amines) is 1. The van der Waals surface area contributed by atoms with Crippen LogP contribution in [0.15, 0.2) is 11.7 Å². The number of aromatic nitrogens is 3. The van der Waals surface area contributed by atoms with Gasteiger partial charge in [0.25, 0.3) is 5.91 Å². The number of aryl methyl sites for hydroxylation is 2.